The molecule has 71 heavy (non-hydrogen) atoms. The highest BCUT2D eigenvalue weighted by molar-refractivity contribution is 7.98. The van der Waals surface area contributed by atoms with Gasteiger partial charge in [-0.3, -0.25) is 9.59 Å². The van der Waals surface area contributed by atoms with Crippen molar-refractivity contribution < 1.29 is 22.4 Å². The molecule has 0 unspecified atom stereocenters. The Hall–Kier alpha value is -2.40. The lowest BCUT2D eigenvalue weighted by molar-refractivity contribution is -0.136. The van der Waals surface area contributed by atoms with E-state index in [2.05, 4.69) is 4.98 Å². The van der Waals surface area contributed by atoms with Crippen molar-refractivity contribution in [3.63, 3.8) is 0 Å². The number of thioether (sulfide) groups is 1. The zero-order valence-corrected chi connectivity index (χ0v) is 39.0. The van der Waals surface area contributed by atoms with E-state index in [1.54, 1.807) is 0 Å². The first-order chi connectivity index (χ1) is 31.9. The summed E-state index contributed by atoms with van der Waals surface area (Å²) in [6.07, 6.45) is -5.13. The second kappa shape index (κ2) is 19.6. The first kappa shape index (κ1) is 59.5. The molecular formula is C36H14B24F4N4O2S. The van der Waals surface area contributed by atoms with Crippen LogP contribution in [0.5, 0.6) is 0 Å². The van der Waals surface area contributed by atoms with Crippen molar-refractivity contribution >= 4 is 272 Å². The molecule has 0 bridgehead atoms. The van der Waals surface area contributed by atoms with Crippen LogP contribution in [0.2, 0.25) is 5.21 Å². The molecule has 1 aliphatic carbocycles. The highest BCUT2D eigenvalue weighted by Gasteiger charge is 2.57. The molecule has 6 nitrogen and oxygen atoms in total. The molecule has 1 heterocycles. The van der Waals surface area contributed by atoms with Crippen LogP contribution >= 0.6 is 11.8 Å². The van der Waals surface area contributed by atoms with Gasteiger partial charge in [0.1, 0.15) is 107 Å². The van der Waals surface area contributed by atoms with Crippen LogP contribution in [0.1, 0.15) is 41.8 Å². The lowest BCUT2D eigenvalue weighted by Crippen LogP contribution is -2.65. The molecule has 4 aromatic rings. The monoisotopic (exact) mass is 906 g/mol. The Morgan fingerprint density at radius 3 is 1.42 bits per heavy atom. The summed E-state index contributed by atoms with van der Waals surface area (Å²) in [5, 5.41) is -14.6. The number of rotatable bonds is 13. The average molecular weight is 902 g/mol. The van der Waals surface area contributed by atoms with Gasteiger partial charge < -0.3 is 14.4 Å². The fourth-order valence-electron chi connectivity index (χ4n) is 8.49. The Morgan fingerprint density at radius 1 is 0.620 bits per heavy atom. The minimum absolute atomic E-state index is 0.0394. The number of aromatic nitrogens is 2. The van der Waals surface area contributed by atoms with Gasteiger partial charge in [-0.1, -0.05) is 123 Å². The predicted molar refractivity (Wildman–Crippen MR) is 298 cm³/mol. The number of hydrogen-bond donors (Lipinski definition) is 0. The summed E-state index contributed by atoms with van der Waals surface area (Å²) >= 11 is 0.633. The van der Waals surface area contributed by atoms with Gasteiger partial charge >= 0.3 is 6.18 Å². The van der Waals surface area contributed by atoms with Crippen LogP contribution in [0.25, 0.3) is 11.1 Å². The quantitative estimate of drug-likeness (QED) is 0.0579. The van der Waals surface area contributed by atoms with E-state index in [1.807, 2.05) is 0 Å². The van der Waals surface area contributed by atoms with E-state index in [1.165, 1.54) is 13.8 Å². The lowest BCUT2D eigenvalue weighted by atomic mass is 9.20. The fraction of sp³-hybridized carbons (Fsp3) is 0.361. The van der Waals surface area contributed by atoms with Gasteiger partial charge in [-0.05, 0) is 16.5 Å². The molecular weight excluding hydrogens is 888 g/mol. The predicted octanol–water partition coefficient (Wildman–Crippen LogP) is -13.4. The molecule has 0 N–H and O–H groups in total. The smallest absolute Gasteiger partial charge is 0.347 e. The van der Waals surface area contributed by atoms with Crippen molar-refractivity contribution in [2.24, 2.45) is 0 Å². The van der Waals surface area contributed by atoms with Crippen LogP contribution in [0.15, 0.2) is 9.95 Å². The van der Waals surface area contributed by atoms with E-state index in [9.17, 15) is 22.4 Å². The normalized spacial score (nSPS) is 15.4. The van der Waals surface area contributed by atoms with Crippen LogP contribution in [0, 0.1) is 5.82 Å². The summed E-state index contributed by atoms with van der Waals surface area (Å²) in [5.41, 5.74) is -13.5. The van der Waals surface area contributed by atoms with Crippen LogP contribution < -0.4 is 71.1 Å². The van der Waals surface area contributed by atoms with E-state index in [-0.39, 0.29) is 16.5 Å². The zero-order valence-electron chi connectivity index (χ0n) is 38.2. The summed E-state index contributed by atoms with van der Waals surface area (Å²) in [7, 11) is 152. The Labute approximate surface area is 448 Å². The van der Waals surface area contributed by atoms with E-state index in [0.717, 1.165) is 9.47 Å². The van der Waals surface area contributed by atoms with Gasteiger partial charge in [0.05, 0.1) is 94.2 Å². The van der Waals surface area contributed by atoms with Crippen molar-refractivity contribution in [3.05, 3.63) is 44.1 Å². The largest absolute Gasteiger partial charge is 0.415 e. The van der Waals surface area contributed by atoms with Gasteiger partial charge in [-0.25, -0.2) is 4.39 Å². The number of carbonyl (C=O) groups is 1. The van der Waals surface area contributed by atoms with Crippen molar-refractivity contribution in [2.75, 3.05) is 13.1 Å². The van der Waals surface area contributed by atoms with Crippen LogP contribution in [0.4, 0.5) is 17.6 Å². The minimum atomic E-state index is -5.13. The first-order valence-corrected chi connectivity index (χ1v) is 21.3. The van der Waals surface area contributed by atoms with Gasteiger partial charge in [0, 0.05) is 35.7 Å². The number of amides is 1. The third-order valence-electron chi connectivity index (χ3n) is 12.4. The minimum Gasteiger partial charge on any atom is -0.347 e. The number of alkyl halides is 3. The molecule has 0 saturated carbocycles. The fourth-order valence-corrected chi connectivity index (χ4v) is 9.53. The summed E-state index contributed by atoms with van der Waals surface area (Å²) in [6.45, 7) is 0.385. The highest BCUT2D eigenvalue weighted by atomic mass is 32.2. The second-order valence-electron chi connectivity index (χ2n) is 17.6. The molecule has 1 amide bonds. The molecule has 5 rings (SSSR count). The van der Waals surface area contributed by atoms with E-state index in [0.29, 0.717) is 16.7 Å². The van der Waals surface area contributed by atoms with Crippen molar-refractivity contribution in [1.82, 2.24) is 19.4 Å². The maximum atomic E-state index is 15.4. The summed E-state index contributed by atoms with van der Waals surface area (Å²) in [6, 6.07) is 0. The van der Waals surface area contributed by atoms with Crippen molar-refractivity contribution in [1.29, 1.82) is 0 Å². The van der Waals surface area contributed by atoms with Crippen LogP contribution in [0.3, 0.4) is 0 Å². The molecule has 296 valence electrons. The zero-order chi connectivity index (χ0) is 54.8. The molecule has 0 fully saturated rings. The third-order valence-corrected chi connectivity index (χ3v) is 13.4. The first-order valence-electron chi connectivity index (χ1n) is 20.3. The Balaban J connectivity index is 1.81. The molecule has 35 heteroatoms. The van der Waals surface area contributed by atoms with E-state index in [4.69, 9.17) is 188 Å². The van der Waals surface area contributed by atoms with Gasteiger partial charge in [0.25, 0.3) is 5.56 Å². The number of carbonyl (C=O) groups excluding carboxylic acids is 1. The van der Waals surface area contributed by atoms with Gasteiger partial charge in [0.2, 0.25) is 5.91 Å². The van der Waals surface area contributed by atoms with Gasteiger partial charge in [-0.2, -0.15) is 18.2 Å². The maximum Gasteiger partial charge on any atom is 0.415 e. The van der Waals surface area contributed by atoms with Gasteiger partial charge in [-0.15, -0.1) is 5.21 Å². The SMILES string of the molecule is [B]c1c([B])c(CSc2nc(=O)c3c(n2CC(=O)N(CCN(C([B])([B])C)C([B])([B])C)C([B])([B])c2c([B])c([B])c(-c4c([B])c([B])c(C(F)(F)F)c([B])c4[B])c([B])c2[B])C([B])([B])C([B])([B])C3([B])[B])c([B])c([B])c1F. The lowest BCUT2D eigenvalue weighted by Gasteiger charge is -2.50. The number of benzene rings is 3. The molecule has 48 radical (unpaired) electrons. The summed E-state index contributed by atoms with van der Waals surface area (Å²) in [4.78, 5) is 35.2. The molecule has 1 aromatic heterocycles. The molecule has 0 spiro atoms. The number of nitrogens with zero attached hydrogens (tertiary/aromatic N) is 4. The Bertz CT molecular complexity index is 2840. The number of fused-ring (bicyclic) bond motifs is 1. The van der Waals surface area contributed by atoms with Crippen LogP contribution in [-0.4, -0.2) is 237 Å². The van der Waals surface area contributed by atoms with Crippen molar-refractivity contribution in [2.45, 2.75) is 69.1 Å². The van der Waals surface area contributed by atoms with Crippen LogP contribution in [-0.2, 0) is 39.0 Å². The standard InChI is InChI=1S/C36H14B24F4N4O2S/c1-30(49,50)68(31(2,51)52)4-3-67(34(57,58)11-20(43)16(39)9(17(40)21(11)44)10-18(41)22(45)12(35(62,63)64)23(46)19(10)42)8(69)5-66-27-13(32(53,54)36(59,60)33(27,55)56)28(70)65-29(66)71-6-7-14(37)24(47)26(61)25(48)15(7)38/h3-6H2,1-2H3. The average Bonchev–Trinajstić information content (AvgIpc) is 3.33. The topological polar surface area (TPSA) is 58.4 Å². The molecule has 1 aliphatic rings. The molecule has 3 aromatic carbocycles. The van der Waals surface area contributed by atoms with E-state index >= 15 is 4.79 Å². The van der Waals surface area contributed by atoms with E-state index < -0.39 is 174 Å². The summed E-state index contributed by atoms with van der Waals surface area (Å²) < 4.78 is 57.8. The summed E-state index contributed by atoms with van der Waals surface area (Å²) in [5.74, 6) is -2.67. The second-order valence-corrected chi connectivity index (χ2v) is 18.6. The number of hydrogen-bond acceptors (Lipinski definition) is 5. The maximum absolute atomic E-state index is 15.4. The molecule has 0 aliphatic heterocycles. The number of halogens is 4. The Kier molecular flexibility index (Phi) is 16.4. The van der Waals surface area contributed by atoms with Crippen molar-refractivity contribution in [3.8, 4) is 11.1 Å². The third kappa shape index (κ3) is 9.88. The Morgan fingerprint density at radius 2 is 1.03 bits per heavy atom. The highest BCUT2D eigenvalue weighted by Crippen LogP contribution is 2.57. The van der Waals surface area contributed by atoms with Gasteiger partial charge in [0.15, 0.2) is 5.16 Å². The molecule has 0 saturated heterocycles. The molecule has 0 atom stereocenters.